The van der Waals surface area contributed by atoms with E-state index in [4.69, 9.17) is 27.9 Å². The molecule has 2 heterocycles. The summed E-state index contributed by atoms with van der Waals surface area (Å²) in [4.78, 5) is 15.1. The van der Waals surface area contributed by atoms with E-state index in [1.165, 1.54) is 6.07 Å². The van der Waals surface area contributed by atoms with Gasteiger partial charge in [-0.15, -0.1) is 0 Å². The number of ether oxygens (including phenoxy) is 1. The molecule has 1 unspecified atom stereocenters. The third-order valence-corrected chi connectivity index (χ3v) is 10.3. The van der Waals surface area contributed by atoms with Crippen molar-refractivity contribution in [3.8, 4) is 5.75 Å². The van der Waals surface area contributed by atoms with E-state index in [2.05, 4.69) is 9.62 Å². The number of amides is 1. The van der Waals surface area contributed by atoms with Crippen LogP contribution >= 0.6 is 23.2 Å². The normalized spacial score (nSPS) is 25.8. The Morgan fingerprint density at radius 1 is 0.973 bits per heavy atom. The van der Waals surface area contributed by atoms with Crippen LogP contribution in [0.4, 0.5) is 4.39 Å². The van der Waals surface area contributed by atoms with Crippen LogP contribution in [0.25, 0.3) is 0 Å². The number of carbonyl (C=O) groups is 1. The van der Waals surface area contributed by atoms with Crippen LogP contribution in [0, 0.1) is 5.82 Å². The third-order valence-electron chi connectivity index (χ3n) is 8.02. The first kappa shape index (κ1) is 25.4. The fourth-order valence-corrected chi connectivity index (χ4v) is 7.72. The van der Waals surface area contributed by atoms with Gasteiger partial charge in [0.15, 0.2) is 0 Å². The molecule has 2 aromatic rings. The molecule has 2 saturated heterocycles. The van der Waals surface area contributed by atoms with Crippen molar-refractivity contribution >= 4 is 39.1 Å². The molecule has 37 heavy (non-hydrogen) atoms. The maximum atomic E-state index is 15.2. The van der Waals surface area contributed by atoms with E-state index in [-0.39, 0.29) is 17.6 Å². The molecule has 1 N–H and O–H groups in total. The van der Waals surface area contributed by atoms with Gasteiger partial charge in [-0.2, -0.15) is 0 Å². The van der Waals surface area contributed by atoms with E-state index in [9.17, 15) is 13.2 Å². The van der Waals surface area contributed by atoms with Crippen molar-refractivity contribution in [2.75, 3.05) is 0 Å². The number of carbonyl (C=O) groups excluding carboxylic acids is 1. The standard InChI is InChI=1S/C27H29Cl2FN2O4S/c28-17-8-18(29)10-21(9-17)36-22-11-19-3-4-20(12-22)32(19)14-16-7-26(30)25(13-24(16)15-1-2-15)27(33)31-37(34,35)23-5-6-23/h7-10,13,15,19-20,22-23H,1-6,11-12,14H2,(H,31,33)/t19-,20?,22+/m1/s1. The summed E-state index contributed by atoms with van der Waals surface area (Å²) < 4.78 is 47.9. The first-order valence-corrected chi connectivity index (χ1v) is 15.2. The largest absolute Gasteiger partial charge is 0.490 e. The Bertz CT molecular complexity index is 1310. The lowest BCUT2D eigenvalue weighted by Gasteiger charge is -2.39. The van der Waals surface area contributed by atoms with Gasteiger partial charge in [-0.25, -0.2) is 17.5 Å². The molecule has 3 atom stereocenters. The number of nitrogens with zero attached hydrogens (tertiary/aromatic N) is 1. The summed E-state index contributed by atoms with van der Waals surface area (Å²) in [6.07, 6.45) is 6.95. The molecule has 4 aliphatic rings. The molecule has 6 nitrogen and oxygen atoms in total. The topological polar surface area (TPSA) is 75.7 Å². The van der Waals surface area contributed by atoms with E-state index in [1.54, 1.807) is 24.3 Å². The summed E-state index contributed by atoms with van der Waals surface area (Å²) in [5.41, 5.74) is 1.66. The highest BCUT2D eigenvalue weighted by Gasteiger charge is 2.42. The van der Waals surface area contributed by atoms with Crippen LogP contribution in [0.2, 0.25) is 10.0 Å². The molecule has 0 spiro atoms. The lowest BCUT2D eigenvalue weighted by Crippen LogP contribution is -2.45. The quantitative estimate of drug-likeness (QED) is 0.436. The van der Waals surface area contributed by atoms with Gasteiger partial charge < -0.3 is 4.74 Å². The molecule has 6 rings (SSSR count). The van der Waals surface area contributed by atoms with Gasteiger partial charge in [-0.3, -0.25) is 9.69 Å². The molecule has 2 bridgehead atoms. The average molecular weight is 568 g/mol. The summed E-state index contributed by atoms with van der Waals surface area (Å²) in [7, 11) is -3.74. The van der Waals surface area contributed by atoms with Crippen LogP contribution < -0.4 is 9.46 Å². The predicted octanol–water partition coefficient (Wildman–Crippen LogP) is 5.81. The number of fused-ring (bicyclic) bond motifs is 2. The SMILES string of the molecule is O=C(NS(=O)(=O)C1CC1)c1cc(C2CC2)c(CN2C3CC[C@@H]2C[C@H](Oc2cc(Cl)cc(Cl)c2)C3)cc1F. The monoisotopic (exact) mass is 566 g/mol. The van der Waals surface area contributed by atoms with Gasteiger partial charge in [0.05, 0.1) is 10.8 Å². The van der Waals surface area contributed by atoms with Crippen LogP contribution in [0.3, 0.4) is 0 Å². The molecular formula is C27H29Cl2FN2O4S. The van der Waals surface area contributed by atoms with Crippen LogP contribution in [-0.4, -0.2) is 42.7 Å². The van der Waals surface area contributed by atoms with Gasteiger partial charge >= 0.3 is 0 Å². The maximum absolute atomic E-state index is 15.2. The van der Waals surface area contributed by atoms with Gasteiger partial charge in [-0.05, 0) is 98.7 Å². The number of piperidine rings is 1. The number of benzene rings is 2. The molecule has 2 aromatic carbocycles. The molecule has 2 aliphatic carbocycles. The van der Waals surface area contributed by atoms with Crippen molar-refractivity contribution in [2.24, 2.45) is 0 Å². The molecule has 4 fully saturated rings. The van der Waals surface area contributed by atoms with Crippen molar-refractivity contribution in [2.45, 2.75) is 87.3 Å². The minimum absolute atomic E-state index is 0.0578. The lowest BCUT2D eigenvalue weighted by molar-refractivity contribution is 0.0443. The summed E-state index contributed by atoms with van der Waals surface area (Å²) in [6.45, 7) is 0.607. The van der Waals surface area contributed by atoms with E-state index >= 15 is 4.39 Å². The predicted molar refractivity (Wildman–Crippen MR) is 140 cm³/mol. The van der Waals surface area contributed by atoms with E-state index in [1.807, 2.05) is 0 Å². The first-order valence-electron chi connectivity index (χ1n) is 12.9. The van der Waals surface area contributed by atoms with Crippen molar-refractivity contribution in [3.05, 3.63) is 62.9 Å². The summed E-state index contributed by atoms with van der Waals surface area (Å²) in [6, 6.07) is 8.91. The van der Waals surface area contributed by atoms with Gasteiger partial charge in [0.2, 0.25) is 10.0 Å². The second-order valence-electron chi connectivity index (χ2n) is 10.9. The summed E-state index contributed by atoms with van der Waals surface area (Å²) >= 11 is 12.3. The highest BCUT2D eigenvalue weighted by Crippen LogP contribution is 2.45. The van der Waals surface area contributed by atoms with Crippen LogP contribution in [0.5, 0.6) is 5.75 Å². The van der Waals surface area contributed by atoms with Gasteiger partial charge in [0.25, 0.3) is 5.91 Å². The Morgan fingerprint density at radius 3 is 2.22 bits per heavy atom. The summed E-state index contributed by atoms with van der Waals surface area (Å²) in [5.74, 6) is -0.595. The average Bonchev–Trinajstić information content (AvgIpc) is 3.71. The van der Waals surface area contributed by atoms with Crippen LogP contribution in [0.1, 0.15) is 78.8 Å². The number of nitrogens with one attached hydrogen (secondary N) is 1. The Hall–Kier alpha value is -1.87. The van der Waals surface area contributed by atoms with Crippen molar-refractivity contribution < 1.29 is 22.3 Å². The van der Waals surface area contributed by atoms with E-state index in [0.717, 1.165) is 49.7 Å². The molecule has 2 saturated carbocycles. The Kier molecular flexibility index (Phi) is 6.66. The second kappa shape index (κ2) is 9.70. The Labute approximate surface area is 226 Å². The molecule has 0 radical (unpaired) electrons. The third kappa shape index (κ3) is 5.49. The zero-order chi connectivity index (χ0) is 25.9. The van der Waals surface area contributed by atoms with Gasteiger partial charge in [0, 0.05) is 28.7 Å². The first-order chi connectivity index (χ1) is 17.7. The second-order valence-corrected chi connectivity index (χ2v) is 13.7. The maximum Gasteiger partial charge on any atom is 0.267 e. The van der Waals surface area contributed by atoms with Crippen molar-refractivity contribution in [3.63, 3.8) is 0 Å². The van der Waals surface area contributed by atoms with E-state index < -0.39 is 27.0 Å². The zero-order valence-corrected chi connectivity index (χ0v) is 22.6. The number of hydrogen-bond donors (Lipinski definition) is 1. The number of rotatable bonds is 8. The molecule has 2 aliphatic heterocycles. The summed E-state index contributed by atoms with van der Waals surface area (Å²) in [5, 5.41) is 0.541. The molecular weight excluding hydrogens is 538 g/mol. The minimum atomic E-state index is -3.74. The van der Waals surface area contributed by atoms with Gasteiger partial charge in [-0.1, -0.05) is 23.2 Å². The molecule has 1 amide bonds. The molecule has 10 heteroatoms. The zero-order valence-electron chi connectivity index (χ0n) is 20.3. The Morgan fingerprint density at radius 2 is 1.62 bits per heavy atom. The van der Waals surface area contributed by atoms with Crippen molar-refractivity contribution in [1.82, 2.24) is 9.62 Å². The van der Waals surface area contributed by atoms with Gasteiger partial charge in [0.1, 0.15) is 17.7 Å². The molecule has 0 aromatic heterocycles. The lowest BCUT2D eigenvalue weighted by atomic mass is 9.95. The molecule has 198 valence electrons. The highest BCUT2D eigenvalue weighted by atomic mass is 35.5. The van der Waals surface area contributed by atoms with Crippen LogP contribution in [0.15, 0.2) is 30.3 Å². The fraction of sp³-hybridized carbons (Fsp3) is 0.519. The van der Waals surface area contributed by atoms with Crippen LogP contribution in [-0.2, 0) is 16.6 Å². The number of sulfonamides is 1. The van der Waals surface area contributed by atoms with Crippen molar-refractivity contribution in [1.29, 1.82) is 0 Å². The van der Waals surface area contributed by atoms with E-state index in [0.29, 0.717) is 47.3 Å². The fourth-order valence-electron chi connectivity index (χ4n) is 5.93. The highest BCUT2D eigenvalue weighted by molar-refractivity contribution is 7.91. The number of hydrogen-bond acceptors (Lipinski definition) is 5. The minimum Gasteiger partial charge on any atom is -0.490 e. The smallest absolute Gasteiger partial charge is 0.267 e. The Balaban J connectivity index is 1.18. The number of halogens is 3.